The molecule has 1 saturated carbocycles. The van der Waals surface area contributed by atoms with Crippen molar-refractivity contribution in [1.29, 1.82) is 0 Å². The summed E-state index contributed by atoms with van der Waals surface area (Å²) in [5.74, 6) is -0.672. The molecular formula is C19H27FN4O2. The van der Waals surface area contributed by atoms with Crippen molar-refractivity contribution >= 4 is 23.3 Å². The Balaban J connectivity index is 1.56. The number of halogens is 1. The lowest BCUT2D eigenvalue weighted by Gasteiger charge is -2.38. The molecule has 142 valence electrons. The standard InChI is InChI=1S/C19H27FN4O2/c1-2-18(25)21-14-7-8-16(20)17(13-14)22-19(26)24-11-9-23(10-12-24)15-5-3-4-6-15/h7-8,13,15H,2-6,9-12H2,1H3,(H,21,25)(H,22,26). The molecule has 26 heavy (non-hydrogen) atoms. The zero-order valence-electron chi connectivity index (χ0n) is 15.3. The predicted molar refractivity (Wildman–Crippen MR) is 99.7 cm³/mol. The van der Waals surface area contributed by atoms with Crippen LogP contribution in [-0.4, -0.2) is 54.0 Å². The van der Waals surface area contributed by atoms with E-state index < -0.39 is 5.82 Å². The number of benzene rings is 1. The molecule has 6 nitrogen and oxygen atoms in total. The van der Waals surface area contributed by atoms with E-state index in [4.69, 9.17) is 0 Å². The number of amides is 3. The molecule has 0 bridgehead atoms. The van der Waals surface area contributed by atoms with Gasteiger partial charge in [-0.05, 0) is 31.0 Å². The summed E-state index contributed by atoms with van der Waals surface area (Å²) in [4.78, 5) is 28.2. The van der Waals surface area contributed by atoms with Gasteiger partial charge in [0.1, 0.15) is 5.82 Å². The molecule has 0 aromatic heterocycles. The third-order valence-electron chi connectivity index (χ3n) is 5.26. The largest absolute Gasteiger partial charge is 0.326 e. The molecule has 1 saturated heterocycles. The van der Waals surface area contributed by atoms with E-state index in [9.17, 15) is 14.0 Å². The average molecular weight is 362 g/mol. The third-order valence-corrected chi connectivity index (χ3v) is 5.26. The quantitative estimate of drug-likeness (QED) is 0.864. The lowest BCUT2D eigenvalue weighted by molar-refractivity contribution is -0.115. The lowest BCUT2D eigenvalue weighted by atomic mass is 10.2. The third kappa shape index (κ3) is 4.52. The second kappa shape index (κ2) is 8.49. The van der Waals surface area contributed by atoms with Crippen LogP contribution in [0.2, 0.25) is 0 Å². The van der Waals surface area contributed by atoms with E-state index in [1.54, 1.807) is 11.8 Å². The van der Waals surface area contributed by atoms with Crippen LogP contribution in [-0.2, 0) is 4.79 Å². The summed E-state index contributed by atoms with van der Waals surface area (Å²) in [7, 11) is 0. The first-order valence-electron chi connectivity index (χ1n) is 9.46. The number of anilines is 2. The summed E-state index contributed by atoms with van der Waals surface area (Å²) in [6.45, 7) is 4.78. The molecule has 7 heteroatoms. The van der Waals surface area contributed by atoms with Crippen molar-refractivity contribution in [1.82, 2.24) is 9.80 Å². The van der Waals surface area contributed by atoms with Crippen LogP contribution < -0.4 is 10.6 Å². The van der Waals surface area contributed by atoms with Crippen molar-refractivity contribution in [3.63, 3.8) is 0 Å². The smallest absolute Gasteiger partial charge is 0.322 e. The molecule has 2 aliphatic rings. The van der Waals surface area contributed by atoms with Crippen LogP contribution in [0.1, 0.15) is 39.0 Å². The zero-order chi connectivity index (χ0) is 18.5. The molecule has 0 radical (unpaired) electrons. The Hall–Kier alpha value is -2.15. The number of hydrogen-bond donors (Lipinski definition) is 2. The van der Waals surface area contributed by atoms with Crippen molar-refractivity contribution in [3.8, 4) is 0 Å². The summed E-state index contributed by atoms with van der Waals surface area (Å²) >= 11 is 0. The topological polar surface area (TPSA) is 64.7 Å². The normalized spacial score (nSPS) is 18.8. The molecule has 2 fully saturated rings. The highest BCUT2D eigenvalue weighted by Gasteiger charge is 2.28. The van der Waals surface area contributed by atoms with Crippen molar-refractivity contribution in [3.05, 3.63) is 24.0 Å². The van der Waals surface area contributed by atoms with Gasteiger partial charge in [-0.1, -0.05) is 19.8 Å². The fourth-order valence-electron chi connectivity index (χ4n) is 3.70. The fourth-order valence-corrected chi connectivity index (χ4v) is 3.70. The zero-order valence-corrected chi connectivity index (χ0v) is 15.3. The van der Waals surface area contributed by atoms with Crippen LogP contribution in [0, 0.1) is 5.82 Å². The molecule has 3 amide bonds. The number of nitrogens with zero attached hydrogens (tertiary/aromatic N) is 2. The van der Waals surface area contributed by atoms with E-state index in [2.05, 4.69) is 15.5 Å². The maximum Gasteiger partial charge on any atom is 0.322 e. The van der Waals surface area contributed by atoms with Gasteiger partial charge in [-0.15, -0.1) is 0 Å². The number of nitrogens with one attached hydrogen (secondary N) is 2. The molecule has 1 aromatic carbocycles. The molecule has 1 aliphatic carbocycles. The highest BCUT2D eigenvalue weighted by molar-refractivity contribution is 5.93. The second-order valence-corrected chi connectivity index (χ2v) is 6.99. The monoisotopic (exact) mass is 362 g/mol. The minimum Gasteiger partial charge on any atom is -0.326 e. The predicted octanol–water partition coefficient (Wildman–Crippen LogP) is 3.27. The van der Waals surface area contributed by atoms with E-state index in [0.29, 0.717) is 31.2 Å². The lowest BCUT2D eigenvalue weighted by Crippen LogP contribution is -2.52. The van der Waals surface area contributed by atoms with Crippen molar-refractivity contribution in [2.24, 2.45) is 0 Å². The van der Waals surface area contributed by atoms with Gasteiger partial charge < -0.3 is 15.5 Å². The maximum atomic E-state index is 14.0. The van der Waals surface area contributed by atoms with Gasteiger partial charge in [0.25, 0.3) is 0 Å². The van der Waals surface area contributed by atoms with Gasteiger partial charge in [0, 0.05) is 44.3 Å². The molecule has 1 aromatic rings. The average Bonchev–Trinajstić information content (AvgIpc) is 3.19. The summed E-state index contributed by atoms with van der Waals surface area (Å²) in [6, 6.07) is 4.55. The highest BCUT2D eigenvalue weighted by atomic mass is 19.1. The number of rotatable bonds is 4. The van der Waals surface area contributed by atoms with Gasteiger partial charge in [0.2, 0.25) is 5.91 Å². The van der Waals surface area contributed by atoms with Crippen LogP contribution in [0.4, 0.5) is 20.6 Å². The number of carbonyl (C=O) groups is 2. The first-order chi connectivity index (χ1) is 12.6. The van der Waals surface area contributed by atoms with Gasteiger partial charge in [-0.3, -0.25) is 9.69 Å². The molecule has 2 N–H and O–H groups in total. The SMILES string of the molecule is CCC(=O)Nc1ccc(F)c(NC(=O)N2CCN(C3CCCC3)CC2)c1. The van der Waals surface area contributed by atoms with E-state index >= 15 is 0 Å². The van der Waals surface area contributed by atoms with Crippen molar-refractivity contribution in [2.45, 2.75) is 45.1 Å². The summed E-state index contributed by atoms with van der Waals surface area (Å²) < 4.78 is 14.0. The Bertz CT molecular complexity index is 653. The van der Waals surface area contributed by atoms with Crippen LogP contribution in [0.5, 0.6) is 0 Å². The van der Waals surface area contributed by atoms with Crippen molar-refractivity contribution in [2.75, 3.05) is 36.8 Å². The van der Waals surface area contributed by atoms with Gasteiger partial charge in [0.05, 0.1) is 5.69 Å². The van der Waals surface area contributed by atoms with Crippen LogP contribution in [0.3, 0.4) is 0 Å². The Morgan fingerprint density at radius 2 is 1.81 bits per heavy atom. The van der Waals surface area contributed by atoms with Crippen molar-refractivity contribution < 1.29 is 14.0 Å². The Morgan fingerprint density at radius 3 is 2.46 bits per heavy atom. The number of carbonyl (C=O) groups excluding carboxylic acids is 2. The Morgan fingerprint density at radius 1 is 1.12 bits per heavy atom. The first kappa shape index (κ1) is 18.6. The number of piperazine rings is 1. The van der Waals surface area contributed by atoms with Gasteiger partial charge >= 0.3 is 6.03 Å². The Labute approximate surface area is 153 Å². The van der Waals surface area contributed by atoms with Crippen LogP contribution in [0.15, 0.2) is 18.2 Å². The number of urea groups is 1. The molecule has 0 unspecified atom stereocenters. The fraction of sp³-hybridized carbons (Fsp3) is 0.579. The minimum absolute atomic E-state index is 0.0853. The van der Waals surface area contributed by atoms with E-state index in [1.165, 1.54) is 43.9 Å². The summed E-state index contributed by atoms with van der Waals surface area (Å²) in [5.41, 5.74) is 0.557. The van der Waals surface area contributed by atoms with Gasteiger partial charge in [0.15, 0.2) is 0 Å². The van der Waals surface area contributed by atoms with Gasteiger partial charge in [-0.25, -0.2) is 9.18 Å². The van der Waals surface area contributed by atoms with E-state index in [0.717, 1.165) is 13.1 Å². The summed E-state index contributed by atoms with van der Waals surface area (Å²) in [6.07, 6.45) is 5.46. The van der Waals surface area contributed by atoms with Crippen LogP contribution in [0.25, 0.3) is 0 Å². The summed E-state index contributed by atoms with van der Waals surface area (Å²) in [5, 5.41) is 5.31. The highest BCUT2D eigenvalue weighted by Crippen LogP contribution is 2.25. The van der Waals surface area contributed by atoms with E-state index in [-0.39, 0.29) is 17.6 Å². The molecule has 1 aliphatic heterocycles. The molecule has 0 atom stereocenters. The number of hydrogen-bond acceptors (Lipinski definition) is 3. The Kier molecular flexibility index (Phi) is 6.08. The van der Waals surface area contributed by atoms with E-state index in [1.807, 2.05) is 0 Å². The molecular weight excluding hydrogens is 335 g/mol. The molecule has 1 heterocycles. The van der Waals surface area contributed by atoms with Gasteiger partial charge in [-0.2, -0.15) is 0 Å². The van der Waals surface area contributed by atoms with Crippen LogP contribution >= 0.6 is 0 Å². The second-order valence-electron chi connectivity index (χ2n) is 6.99. The minimum atomic E-state index is -0.516. The first-order valence-corrected chi connectivity index (χ1v) is 9.46. The molecule has 3 rings (SSSR count). The maximum absolute atomic E-state index is 14.0. The molecule has 0 spiro atoms.